The topological polar surface area (TPSA) is 24.5 Å². The Bertz CT molecular complexity index is 175. The third-order valence-electron chi connectivity index (χ3n) is 3.66. The van der Waals surface area contributed by atoms with E-state index in [1.807, 2.05) is 0 Å². The zero-order chi connectivity index (χ0) is 11.3. The lowest BCUT2D eigenvalue weighted by Gasteiger charge is -2.45. The number of rotatable bonds is 7. The van der Waals surface area contributed by atoms with Crippen molar-refractivity contribution in [1.82, 2.24) is 10.2 Å². The second-order valence-corrected chi connectivity index (χ2v) is 4.68. The van der Waals surface area contributed by atoms with Gasteiger partial charge < -0.3 is 10.1 Å². The van der Waals surface area contributed by atoms with Gasteiger partial charge >= 0.3 is 0 Å². The summed E-state index contributed by atoms with van der Waals surface area (Å²) in [4.78, 5) is 2.48. The maximum absolute atomic E-state index is 5.20. The second kappa shape index (κ2) is 6.46. The monoisotopic (exact) mass is 214 g/mol. The molecule has 1 fully saturated rings. The minimum Gasteiger partial charge on any atom is -0.383 e. The molecule has 3 nitrogen and oxygen atoms in total. The van der Waals surface area contributed by atoms with Crippen LogP contribution in [0.2, 0.25) is 0 Å². The fraction of sp³-hybridized carbons (Fsp3) is 1.00. The first-order valence-electron chi connectivity index (χ1n) is 6.12. The van der Waals surface area contributed by atoms with Gasteiger partial charge in [-0.25, -0.2) is 0 Å². The molecule has 0 heterocycles. The average molecular weight is 214 g/mol. The fourth-order valence-corrected chi connectivity index (χ4v) is 2.34. The second-order valence-electron chi connectivity index (χ2n) is 4.68. The molecule has 3 heteroatoms. The van der Waals surface area contributed by atoms with Gasteiger partial charge in [0.15, 0.2) is 0 Å². The van der Waals surface area contributed by atoms with Crippen LogP contribution in [0.3, 0.4) is 0 Å². The number of ether oxygens (including phenoxy) is 1. The molecular weight excluding hydrogens is 188 g/mol. The van der Waals surface area contributed by atoms with E-state index in [4.69, 9.17) is 4.74 Å². The molecule has 1 saturated carbocycles. The average Bonchev–Trinajstić information content (AvgIpc) is 2.17. The van der Waals surface area contributed by atoms with Gasteiger partial charge in [-0.2, -0.15) is 0 Å². The first-order chi connectivity index (χ1) is 7.20. The summed E-state index contributed by atoms with van der Waals surface area (Å²) in [5.41, 5.74) is 0. The van der Waals surface area contributed by atoms with E-state index in [0.29, 0.717) is 6.04 Å². The molecule has 1 aliphatic rings. The van der Waals surface area contributed by atoms with Gasteiger partial charge in [-0.05, 0) is 45.8 Å². The third kappa shape index (κ3) is 3.44. The minimum atomic E-state index is 0.532. The smallest absolute Gasteiger partial charge is 0.0615 e. The summed E-state index contributed by atoms with van der Waals surface area (Å²) in [5, 5.41) is 3.45. The van der Waals surface area contributed by atoms with E-state index in [2.05, 4.69) is 31.1 Å². The number of likely N-dealkylation sites (N-methyl/N-ethyl adjacent to an activating group) is 1. The normalized spacial score (nSPS) is 27.8. The molecule has 0 aromatic heterocycles. The quantitative estimate of drug-likeness (QED) is 0.692. The Morgan fingerprint density at radius 1 is 1.47 bits per heavy atom. The van der Waals surface area contributed by atoms with Crippen LogP contribution in [0.25, 0.3) is 0 Å². The van der Waals surface area contributed by atoms with E-state index in [-0.39, 0.29) is 0 Å². The van der Waals surface area contributed by atoms with Crippen molar-refractivity contribution in [3.63, 3.8) is 0 Å². The van der Waals surface area contributed by atoms with E-state index in [0.717, 1.165) is 25.1 Å². The van der Waals surface area contributed by atoms with Crippen molar-refractivity contribution < 1.29 is 4.74 Å². The van der Waals surface area contributed by atoms with Crippen LogP contribution >= 0.6 is 0 Å². The lowest BCUT2D eigenvalue weighted by molar-refractivity contribution is 0.0237. The van der Waals surface area contributed by atoms with Crippen LogP contribution in [-0.2, 0) is 4.74 Å². The summed E-state index contributed by atoms with van der Waals surface area (Å²) >= 11 is 0. The lowest BCUT2D eigenvalue weighted by atomic mass is 9.78. The molecule has 0 amide bonds. The maximum atomic E-state index is 5.20. The zero-order valence-electron chi connectivity index (χ0n) is 10.6. The first kappa shape index (κ1) is 12.9. The van der Waals surface area contributed by atoms with Crippen LogP contribution in [0.4, 0.5) is 0 Å². The molecule has 0 saturated heterocycles. The highest BCUT2D eigenvalue weighted by Gasteiger charge is 2.34. The third-order valence-corrected chi connectivity index (χ3v) is 3.66. The van der Waals surface area contributed by atoms with E-state index < -0.39 is 0 Å². The predicted molar refractivity (Wildman–Crippen MR) is 64.2 cm³/mol. The SMILES string of the molecule is CCNCC1CCC1N(C)C(C)COC. The fourth-order valence-electron chi connectivity index (χ4n) is 2.34. The Labute approximate surface area is 94.2 Å². The Kier molecular flexibility index (Phi) is 5.58. The molecule has 0 radical (unpaired) electrons. The minimum absolute atomic E-state index is 0.532. The van der Waals surface area contributed by atoms with E-state index in [9.17, 15) is 0 Å². The molecule has 1 rings (SSSR count). The molecule has 0 spiro atoms. The van der Waals surface area contributed by atoms with Crippen LogP contribution in [0.1, 0.15) is 26.7 Å². The van der Waals surface area contributed by atoms with Crippen LogP contribution in [0.15, 0.2) is 0 Å². The molecule has 90 valence electrons. The number of hydrogen-bond donors (Lipinski definition) is 1. The summed E-state index contributed by atoms with van der Waals surface area (Å²) in [6.07, 6.45) is 2.72. The highest BCUT2D eigenvalue weighted by atomic mass is 16.5. The molecule has 1 aliphatic carbocycles. The molecule has 0 aromatic carbocycles. The molecule has 1 N–H and O–H groups in total. The Hall–Kier alpha value is -0.120. The molecule has 0 aromatic rings. The van der Waals surface area contributed by atoms with Crippen LogP contribution < -0.4 is 5.32 Å². The Morgan fingerprint density at radius 2 is 2.20 bits per heavy atom. The van der Waals surface area contributed by atoms with Crippen molar-refractivity contribution in [2.45, 2.75) is 38.8 Å². The van der Waals surface area contributed by atoms with Crippen LogP contribution in [0, 0.1) is 5.92 Å². The molecular formula is C12H26N2O. The van der Waals surface area contributed by atoms with E-state index in [1.165, 1.54) is 19.4 Å². The summed E-state index contributed by atoms with van der Waals surface area (Å²) in [6.45, 7) is 7.50. The van der Waals surface area contributed by atoms with Crippen molar-refractivity contribution >= 4 is 0 Å². The van der Waals surface area contributed by atoms with Crippen molar-refractivity contribution in [3.8, 4) is 0 Å². The number of nitrogens with one attached hydrogen (secondary N) is 1. The van der Waals surface area contributed by atoms with E-state index >= 15 is 0 Å². The first-order valence-corrected chi connectivity index (χ1v) is 6.12. The number of hydrogen-bond acceptors (Lipinski definition) is 3. The van der Waals surface area contributed by atoms with Crippen molar-refractivity contribution in [1.29, 1.82) is 0 Å². The highest BCUT2D eigenvalue weighted by Crippen LogP contribution is 2.31. The molecule has 15 heavy (non-hydrogen) atoms. The van der Waals surface area contributed by atoms with Crippen LogP contribution in [-0.4, -0.2) is 50.8 Å². The highest BCUT2D eigenvalue weighted by molar-refractivity contribution is 4.90. The van der Waals surface area contributed by atoms with Gasteiger partial charge in [0.05, 0.1) is 6.61 Å². The van der Waals surface area contributed by atoms with Crippen LogP contribution in [0.5, 0.6) is 0 Å². The summed E-state index contributed by atoms with van der Waals surface area (Å²) in [7, 11) is 4.01. The van der Waals surface area contributed by atoms with Gasteiger partial charge in [0.25, 0.3) is 0 Å². The summed E-state index contributed by atoms with van der Waals surface area (Å²) in [5.74, 6) is 0.842. The van der Waals surface area contributed by atoms with E-state index in [1.54, 1.807) is 7.11 Å². The van der Waals surface area contributed by atoms with Gasteiger partial charge in [-0.3, -0.25) is 4.90 Å². The Balaban J connectivity index is 2.29. The van der Waals surface area contributed by atoms with Gasteiger partial charge in [-0.15, -0.1) is 0 Å². The Morgan fingerprint density at radius 3 is 2.67 bits per heavy atom. The summed E-state index contributed by atoms with van der Waals surface area (Å²) in [6, 6.07) is 1.29. The molecule has 0 bridgehead atoms. The van der Waals surface area contributed by atoms with Crippen molar-refractivity contribution in [2.75, 3.05) is 33.9 Å². The van der Waals surface area contributed by atoms with Gasteiger partial charge in [0, 0.05) is 19.2 Å². The zero-order valence-corrected chi connectivity index (χ0v) is 10.6. The lowest BCUT2D eigenvalue weighted by Crippen LogP contribution is -2.52. The van der Waals surface area contributed by atoms with Gasteiger partial charge in [-0.1, -0.05) is 6.92 Å². The summed E-state index contributed by atoms with van der Waals surface area (Å²) < 4.78 is 5.20. The number of methoxy groups -OCH3 is 1. The number of nitrogens with zero attached hydrogens (tertiary/aromatic N) is 1. The van der Waals surface area contributed by atoms with Gasteiger partial charge in [0.2, 0.25) is 0 Å². The van der Waals surface area contributed by atoms with Gasteiger partial charge in [0.1, 0.15) is 0 Å². The van der Waals surface area contributed by atoms with Crippen molar-refractivity contribution in [3.05, 3.63) is 0 Å². The molecule has 3 atom stereocenters. The largest absolute Gasteiger partial charge is 0.383 e. The predicted octanol–water partition coefficient (Wildman–Crippen LogP) is 1.34. The van der Waals surface area contributed by atoms with Crippen molar-refractivity contribution in [2.24, 2.45) is 5.92 Å². The molecule has 0 aliphatic heterocycles. The standard InChI is InChI=1S/C12H26N2O/c1-5-13-8-11-6-7-12(11)14(3)10(2)9-15-4/h10-13H,5-9H2,1-4H3. The molecule has 3 unspecified atom stereocenters. The maximum Gasteiger partial charge on any atom is 0.0615 e.